The van der Waals surface area contributed by atoms with Gasteiger partial charge in [-0.2, -0.15) is 0 Å². The molecule has 3 rings (SSSR count). The SMILES string of the molecule is NCCCCNC(=O)c1ccc2c(c1)C(=O)N(C1CCCCC1)C2=O. The third kappa shape index (κ3) is 3.58. The molecule has 3 N–H and O–H groups in total. The lowest BCUT2D eigenvalue weighted by molar-refractivity contribution is 0.0549. The summed E-state index contributed by atoms with van der Waals surface area (Å²) in [5.74, 6) is -0.706. The van der Waals surface area contributed by atoms with Gasteiger partial charge < -0.3 is 11.1 Å². The Balaban J connectivity index is 1.73. The number of imide groups is 1. The van der Waals surface area contributed by atoms with E-state index >= 15 is 0 Å². The molecule has 1 fully saturated rings. The van der Waals surface area contributed by atoms with Crippen LogP contribution in [-0.2, 0) is 0 Å². The van der Waals surface area contributed by atoms with Crippen LogP contribution in [0.2, 0.25) is 0 Å². The molecule has 134 valence electrons. The minimum absolute atomic E-state index is 0.00492. The number of benzene rings is 1. The van der Waals surface area contributed by atoms with E-state index in [0.717, 1.165) is 44.9 Å². The van der Waals surface area contributed by atoms with Crippen molar-refractivity contribution in [3.63, 3.8) is 0 Å². The first-order chi connectivity index (χ1) is 12.1. The number of carbonyl (C=O) groups is 3. The first-order valence-electron chi connectivity index (χ1n) is 9.13. The number of nitrogens with zero attached hydrogens (tertiary/aromatic N) is 1. The van der Waals surface area contributed by atoms with E-state index in [4.69, 9.17) is 5.73 Å². The Morgan fingerprint density at radius 1 is 1.08 bits per heavy atom. The fourth-order valence-electron chi connectivity index (χ4n) is 3.64. The summed E-state index contributed by atoms with van der Waals surface area (Å²) in [6, 6.07) is 4.77. The predicted octanol–water partition coefficient (Wildman–Crippen LogP) is 2.08. The van der Waals surface area contributed by atoms with Gasteiger partial charge in [0.15, 0.2) is 0 Å². The molecular weight excluding hydrogens is 318 g/mol. The summed E-state index contributed by atoms with van der Waals surface area (Å²) in [7, 11) is 0. The van der Waals surface area contributed by atoms with Crippen molar-refractivity contribution in [2.75, 3.05) is 13.1 Å². The molecule has 1 aromatic rings. The molecule has 3 amide bonds. The molecule has 0 unspecified atom stereocenters. The van der Waals surface area contributed by atoms with Gasteiger partial charge in [0.05, 0.1) is 11.1 Å². The van der Waals surface area contributed by atoms with Gasteiger partial charge in [0.25, 0.3) is 17.7 Å². The van der Waals surface area contributed by atoms with Crippen LogP contribution < -0.4 is 11.1 Å². The van der Waals surface area contributed by atoms with Crippen molar-refractivity contribution < 1.29 is 14.4 Å². The minimum atomic E-state index is -0.260. The Kier molecular flexibility index (Phi) is 5.48. The topological polar surface area (TPSA) is 92.5 Å². The van der Waals surface area contributed by atoms with Gasteiger partial charge in [-0.1, -0.05) is 19.3 Å². The van der Waals surface area contributed by atoms with Crippen LogP contribution in [0.1, 0.15) is 76.0 Å². The maximum Gasteiger partial charge on any atom is 0.261 e. The summed E-state index contributed by atoms with van der Waals surface area (Å²) in [4.78, 5) is 39.0. The molecule has 2 aliphatic rings. The maximum absolute atomic E-state index is 12.7. The summed E-state index contributed by atoms with van der Waals surface area (Å²) < 4.78 is 0. The van der Waals surface area contributed by atoms with E-state index in [1.54, 1.807) is 18.2 Å². The van der Waals surface area contributed by atoms with E-state index in [-0.39, 0.29) is 23.8 Å². The standard InChI is InChI=1S/C19H25N3O3/c20-10-4-5-11-21-17(23)13-8-9-15-16(12-13)19(25)22(18(15)24)14-6-2-1-3-7-14/h8-9,12,14H,1-7,10-11,20H2,(H,21,23). The second kappa shape index (κ2) is 7.78. The van der Waals surface area contributed by atoms with Crippen LogP contribution in [0, 0.1) is 0 Å². The fraction of sp³-hybridized carbons (Fsp3) is 0.526. The van der Waals surface area contributed by atoms with Crippen LogP contribution in [0.5, 0.6) is 0 Å². The number of nitrogens with one attached hydrogen (secondary N) is 1. The van der Waals surface area contributed by atoms with Crippen molar-refractivity contribution in [1.82, 2.24) is 10.2 Å². The largest absolute Gasteiger partial charge is 0.352 e. The molecular formula is C19H25N3O3. The van der Waals surface area contributed by atoms with Gasteiger partial charge in [-0.05, 0) is 50.4 Å². The highest BCUT2D eigenvalue weighted by atomic mass is 16.2. The summed E-state index contributed by atoms with van der Waals surface area (Å²) in [6.45, 7) is 1.15. The summed E-state index contributed by atoms with van der Waals surface area (Å²) >= 11 is 0. The van der Waals surface area contributed by atoms with E-state index in [0.29, 0.717) is 29.8 Å². The molecule has 0 saturated heterocycles. The third-order valence-corrected chi connectivity index (χ3v) is 5.04. The number of hydrogen-bond acceptors (Lipinski definition) is 4. The Hall–Kier alpha value is -2.21. The number of hydrogen-bond donors (Lipinski definition) is 2. The lowest BCUT2D eigenvalue weighted by Crippen LogP contribution is -2.40. The molecule has 1 aliphatic carbocycles. The number of amides is 3. The molecule has 6 heteroatoms. The van der Waals surface area contributed by atoms with E-state index in [1.165, 1.54) is 4.90 Å². The monoisotopic (exact) mass is 343 g/mol. The summed E-state index contributed by atoms with van der Waals surface area (Å²) in [6.07, 6.45) is 6.69. The van der Waals surface area contributed by atoms with Gasteiger partial charge in [0, 0.05) is 18.2 Å². The Labute approximate surface area is 147 Å². The van der Waals surface area contributed by atoms with Gasteiger partial charge in [-0.15, -0.1) is 0 Å². The average molecular weight is 343 g/mol. The van der Waals surface area contributed by atoms with Gasteiger partial charge in [-0.3, -0.25) is 19.3 Å². The quantitative estimate of drug-likeness (QED) is 0.611. The molecule has 0 bridgehead atoms. The molecule has 1 aromatic carbocycles. The van der Waals surface area contributed by atoms with Crippen molar-refractivity contribution in [2.24, 2.45) is 5.73 Å². The van der Waals surface area contributed by atoms with E-state index < -0.39 is 0 Å². The van der Waals surface area contributed by atoms with Crippen LogP contribution in [0.4, 0.5) is 0 Å². The first kappa shape index (κ1) is 17.6. The summed E-state index contributed by atoms with van der Waals surface area (Å²) in [5.41, 5.74) is 6.61. The maximum atomic E-state index is 12.7. The van der Waals surface area contributed by atoms with Gasteiger partial charge >= 0.3 is 0 Å². The molecule has 6 nitrogen and oxygen atoms in total. The number of unbranched alkanes of at least 4 members (excludes halogenated alkanes) is 1. The van der Waals surface area contributed by atoms with Crippen LogP contribution in [0.15, 0.2) is 18.2 Å². The number of rotatable bonds is 6. The molecule has 25 heavy (non-hydrogen) atoms. The van der Waals surface area contributed by atoms with Crippen molar-refractivity contribution in [3.05, 3.63) is 34.9 Å². The van der Waals surface area contributed by atoms with Gasteiger partial charge in [-0.25, -0.2) is 0 Å². The highest BCUT2D eigenvalue weighted by Gasteiger charge is 2.40. The molecule has 1 aliphatic heterocycles. The van der Waals surface area contributed by atoms with Gasteiger partial charge in [0.1, 0.15) is 0 Å². The lowest BCUT2D eigenvalue weighted by atomic mass is 9.94. The van der Waals surface area contributed by atoms with Crippen molar-refractivity contribution >= 4 is 17.7 Å². The number of carbonyl (C=O) groups excluding carboxylic acids is 3. The zero-order chi connectivity index (χ0) is 17.8. The third-order valence-electron chi connectivity index (χ3n) is 5.04. The van der Waals surface area contributed by atoms with Crippen LogP contribution in [0.3, 0.4) is 0 Å². The molecule has 0 radical (unpaired) electrons. The smallest absolute Gasteiger partial charge is 0.261 e. The van der Waals surface area contributed by atoms with E-state index in [1.807, 2.05) is 0 Å². The van der Waals surface area contributed by atoms with Crippen LogP contribution in [0.25, 0.3) is 0 Å². The number of fused-ring (bicyclic) bond motifs is 1. The van der Waals surface area contributed by atoms with Crippen molar-refractivity contribution in [2.45, 2.75) is 51.0 Å². The molecule has 0 spiro atoms. The van der Waals surface area contributed by atoms with Crippen molar-refractivity contribution in [1.29, 1.82) is 0 Å². The lowest BCUT2D eigenvalue weighted by Gasteiger charge is -2.29. The van der Waals surface area contributed by atoms with Crippen LogP contribution in [-0.4, -0.2) is 41.8 Å². The highest BCUT2D eigenvalue weighted by Crippen LogP contribution is 2.31. The average Bonchev–Trinajstić information content (AvgIpc) is 2.89. The van der Waals surface area contributed by atoms with Crippen LogP contribution >= 0.6 is 0 Å². The number of nitrogens with two attached hydrogens (primary N) is 1. The van der Waals surface area contributed by atoms with Crippen molar-refractivity contribution in [3.8, 4) is 0 Å². The second-order valence-corrected chi connectivity index (χ2v) is 6.78. The van der Waals surface area contributed by atoms with E-state index in [2.05, 4.69) is 5.32 Å². The molecule has 1 heterocycles. The zero-order valence-corrected chi connectivity index (χ0v) is 14.4. The zero-order valence-electron chi connectivity index (χ0n) is 14.4. The second-order valence-electron chi connectivity index (χ2n) is 6.78. The molecule has 0 aromatic heterocycles. The fourth-order valence-corrected chi connectivity index (χ4v) is 3.64. The van der Waals surface area contributed by atoms with E-state index in [9.17, 15) is 14.4 Å². The Morgan fingerprint density at radius 3 is 2.52 bits per heavy atom. The normalized spacial score (nSPS) is 17.7. The predicted molar refractivity (Wildman–Crippen MR) is 94.4 cm³/mol. The Morgan fingerprint density at radius 2 is 1.80 bits per heavy atom. The van der Waals surface area contributed by atoms with Gasteiger partial charge in [0.2, 0.25) is 0 Å². The molecule has 1 saturated carbocycles. The Bertz CT molecular complexity index is 680. The summed E-state index contributed by atoms with van der Waals surface area (Å²) in [5, 5.41) is 2.82. The highest BCUT2D eigenvalue weighted by molar-refractivity contribution is 6.22. The molecule has 0 atom stereocenters. The first-order valence-corrected chi connectivity index (χ1v) is 9.13. The minimum Gasteiger partial charge on any atom is -0.352 e.